The SMILES string of the molecule is N#C/C=C\OC(C=O)C=O. The first-order valence-electron chi connectivity index (χ1n) is 2.46. The molecule has 52 valence electrons. The number of allylic oxidation sites excluding steroid dienone is 1. The molecule has 0 aromatic carbocycles. The zero-order valence-corrected chi connectivity index (χ0v) is 5.06. The van der Waals surface area contributed by atoms with E-state index in [0.717, 1.165) is 12.3 Å². The average Bonchev–Trinajstić information content (AvgIpc) is 1.99. The number of carbonyl (C=O) groups is 2. The van der Waals surface area contributed by atoms with Crippen molar-refractivity contribution in [2.24, 2.45) is 0 Å². The van der Waals surface area contributed by atoms with Gasteiger partial charge in [0.25, 0.3) is 0 Å². The molecule has 0 heterocycles. The molecule has 0 saturated heterocycles. The summed E-state index contributed by atoms with van der Waals surface area (Å²) in [6.45, 7) is 0. The van der Waals surface area contributed by atoms with Crippen LogP contribution in [-0.4, -0.2) is 18.7 Å². The molecule has 0 bridgehead atoms. The summed E-state index contributed by atoms with van der Waals surface area (Å²) in [6, 6.07) is 1.63. The second kappa shape index (κ2) is 5.51. The quantitative estimate of drug-likeness (QED) is 0.234. The maximum Gasteiger partial charge on any atom is 0.207 e. The Morgan fingerprint density at radius 3 is 2.40 bits per heavy atom. The van der Waals surface area contributed by atoms with E-state index in [4.69, 9.17) is 5.26 Å². The van der Waals surface area contributed by atoms with Crippen LogP contribution in [0.25, 0.3) is 0 Å². The van der Waals surface area contributed by atoms with Gasteiger partial charge in [-0.1, -0.05) is 0 Å². The Bertz CT molecular complexity index is 172. The van der Waals surface area contributed by atoms with Crippen LogP contribution >= 0.6 is 0 Å². The average molecular weight is 139 g/mol. The van der Waals surface area contributed by atoms with Gasteiger partial charge in [0.1, 0.15) is 0 Å². The molecule has 0 atom stereocenters. The minimum Gasteiger partial charge on any atom is -0.482 e. The molecule has 0 fully saturated rings. The van der Waals surface area contributed by atoms with Crippen LogP contribution in [0, 0.1) is 11.3 Å². The number of nitriles is 1. The monoisotopic (exact) mass is 139 g/mol. The van der Waals surface area contributed by atoms with Crippen molar-refractivity contribution in [2.45, 2.75) is 6.10 Å². The molecule has 0 aliphatic rings. The fraction of sp³-hybridized carbons (Fsp3) is 0.167. The lowest BCUT2D eigenvalue weighted by Gasteiger charge is -1.97. The molecule has 0 amide bonds. The van der Waals surface area contributed by atoms with Crippen LogP contribution in [0.1, 0.15) is 0 Å². The van der Waals surface area contributed by atoms with E-state index >= 15 is 0 Å². The standard InChI is InChI=1S/C6H5NO3/c7-2-1-3-10-6(4-8)5-9/h1,3-6H/b3-1-. The Balaban J connectivity index is 3.66. The maximum atomic E-state index is 9.86. The van der Waals surface area contributed by atoms with E-state index in [0.29, 0.717) is 12.6 Å². The molecule has 0 saturated carbocycles. The molecule has 0 aliphatic heterocycles. The van der Waals surface area contributed by atoms with E-state index < -0.39 is 6.10 Å². The number of hydrogen-bond donors (Lipinski definition) is 0. The van der Waals surface area contributed by atoms with Crippen LogP contribution in [0.3, 0.4) is 0 Å². The van der Waals surface area contributed by atoms with E-state index in [1.54, 1.807) is 6.07 Å². The fourth-order valence-corrected chi connectivity index (χ4v) is 0.257. The lowest BCUT2D eigenvalue weighted by molar-refractivity contribution is -0.124. The second-order valence-electron chi connectivity index (χ2n) is 1.30. The third-order valence-electron chi connectivity index (χ3n) is 0.647. The zero-order chi connectivity index (χ0) is 7.82. The van der Waals surface area contributed by atoms with E-state index in [1.165, 1.54) is 0 Å². The molecule has 4 heteroatoms. The third kappa shape index (κ3) is 3.38. The molecule has 0 radical (unpaired) electrons. The number of carbonyl (C=O) groups excluding carboxylic acids is 2. The van der Waals surface area contributed by atoms with Crippen LogP contribution in [0.2, 0.25) is 0 Å². The van der Waals surface area contributed by atoms with Crippen LogP contribution in [0.4, 0.5) is 0 Å². The molecule has 4 nitrogen and oxygen atoms in total. The number of nitrogens with zero attached hydrogens (tertiary/aromatic N) is 1. The van der Waals surface area contributed by atoms with Crippen LogP contribution in [0.15, 0.2) is 12.3 Å². The first kappa shape index (κ1) is 8.37. The highest BCUT2D eigenvalue weighted by atomic mass is 16.5. The Kier molecular flexibility index (Phi) is 4.61. The summed E-state index contributed by atoms with van der Waals surface area (Å²) >= 11 is 0. The summed E-state index contributed by atoms with van der Waals surface area (Å²) in [6.07, 6.45) is 1.61. The van der Waals surface area contributed by atoms with Gasteiger partial charge in [0, 0.05) is 0 Å². The number of hydrogen-bond acceptors (Lipinski definition) is 4. The van der Waals surface area contributed by atoms with E-state index in [1.807, 2.05) is 0 Å². The topological polar surface area (TPSA) is 67.2 Å². The Morgan fingerprint density at radius 2 is 2.00 bits per heavy atom. The summed E-state index contributed by atoms with van der Waals surface area (Å²) in [5.74, 6) is 0. The summed E-state index contributed by atoms with van der Waals surface area (Å²) < 4.78 is 4.44. The molecule has 0 rings (SSSR count). The van der Waals surface area contributed by atoms with Gasteiger partial charge in [-0.2, -0.15) is 5.26 Å². The molecular weight excluding hydrogens is 134 g/mol. The van der Waals surface area contributed by atoms with Crippen molar-refractivity contribution in [2.75, 3.05) is 0 Å². The van der Waals surface area contributed by atoms with Gasteiger partial charge >= 0.3 is 0 Å². The molecule has 0 aromatic heterocycles. The van der Waals surface area contributed by atoms with Gasteiger partial charge in [-0.25, -0.2) is 0 Å². The van der Waals surface area contributed by atoms with Gasteiger partial charge < -0.3 is 4.74 Å². The Hall–Kier alpha value is -1.63. The van der Waals surface area contributed by atoms with Crippen molar-refractivity contribution < 1.29 is 14.3 Å². The number of rotatable bonds is 4. The molecule has 0 spiro atoms. The first-order valence-corrected chi connectivity index (χ1v) is 2.46. The summed E-state index contributed by atoms with van der Waals surface area (Å²) in [7, 11) is 0. The van der Waals surface area contributed by atoms with Crippen LogP contribution in [-0.2, 0) is 14.3 Å². The van der Waals surface area contributed by atoms with Crippen LogP contribution < -0.4 is 0 Å². The fourth-order valence-electron chi connectivity index (χ4n) is 0.257. The molecule has 0 aliphatic carbocycles. The lowest BCUT2D eigenvalue weighted by Crippen LogP contribution is -2.11. The molecule has 0 N–H and O–H groups in total. The highest BCUT2D eigenvalue weighted by Crippen LogP contribution is 1.83. The predicted octanol–water partition coefficient (Wildman–Crippen LogP) is -0.193. The van der Waals surface area contributed by atoms with Gasteiger partial charge in [0.2, 0.25) is 6.10 Å². The Labute approximate surface area is 57.7 Å². The minimum absolute atomic E-state index is 0.342. The molecule has 0 unspecified atom stereocenters. The van der Waals surface area contributed by atoms with Gasteiger partial charge in [-0.15, -0.1) is 0 Å². The van der Waals surface area contributed by atoms with Crippen molar-refractivity contribution >= 4 is 12.6 Å². The predicted molar refractivity (Wildman–Crippen MR) is 31.8 cm³/mol. The van der Waals surface area contributed by atoms with Crippen LogP contribution in [0.5, 0.6) is 0 Å². The largest absolute Gasteiger partial charge is 0.482 e. The highest BCUT2D eigenvalue weighted by Gasteiger charge is 2.00. The van der Waals surface area contributed by atoms with E-state index in [-0.39, 0.29) is 0 Å². The van der Waals surface area contributed by atoms with Crippen molar-refractivity contribution in [3.8, 4) is 6.07 Å². The van der Waals surface area contributed by atoms with Crippen molar-refractivity contribution in [1.82, 2.24) is 0 Å². The van der Waals surface area contributed by atoms with Gasteiger partial charge in [0.05, 0.1) is 18.4 Å². The van der Waals surface area contributed by atoms with Crippen molar-refractivity contribution in [3.05, 3.63) is 12.3 Å². The smallest absolute Gasteiger partial charge is 0.207 e. The number of ether oxygens (including phenoxy) is 1. The van der Waals surface area contributed by atoms with E-state index in [2.05, 4.69) is 4.74 Å². The first-order chi connectivity index (χ1) is 4.85. The second-order valence-corrected chi connectivity index (χ2v) is 1.30. The van der Waals surface area contributed by atoms with Gasteiger partial charge in [-0.3, -0.25) is 9.59 Å². The normalized spacial score (nSPS) is 9.20. The van der Waals surface area contributed by atoms with Crippen molar-refractivity contribution in [3.63, 3.8) is 0 Å². The summed E-state index contributed by atoms with van der Waals surface area (Å²) in [5.41, 5.74) is 0. The third-order valence-corrected chi connectivity index (χ3v) is 0.647. The Morgan fingerprint density at radius 1 is 1.40 bits per heavy atom. The lowest BCUT2D eigenvalue weighted by atomic mass is 10.4. The molecular formula is C6H5NO3. The van der Waals surface area contributed by atoms with E-state index in [9.17, 15) is 9.59 Å². The van der Waals surface area contributed by atoms with Gasteiger partial charge in [0.15, 0.2) is 12.6 Å². The summed E-state index contributed by atoms with van der Waals surface area (Å²) in [4.78, 5) is 19.7. The minimum atomic E-state index is -1.09. The maximum absolute atomic E-state index is 9.86. The molecule has 0 aromatic rings. The van der Waals surface area contributed by atoms with Crippen molar-refractivity contribution in [1.29, 1.82) is 5.26 Å². The van der Waals surface area contributed by atoms with Gasteiger partial charge in [-0.05, 0) is 0 Å². The zero-order valence-electron chi connectivity index (χ0n) is 5.06. The highest BCUT2D eigenvalue weighted by molar-refractivity contribution is 5.80. The summed E-state index contributed by atoms with van der Waals surface area (Å²) in [5, 5.41) is 7.93. The number of aldehydes is 2. The molecule has 10 heavy (non-hydrogen) atoms.